The van der Waals surface area contributed by atoms with E-state index >= 15 is 0 Å². The number of alkyl carbamates (subject to hydrolysis) is 1. The molecule has 0 unspecified atom stereocenters. The van der Waals surface area contributed by atoms with Crippen LogP contribution in [0, 0.1) is 15.9 Å². The van der Waals surface area contributed by atoms with Crippen LogP contribution in [0.4, 0.5) is 14.9 Å². The number of halogens is 1. The van der Waals surface area contributed by atoms with Crippen LogP contribution in [0.2, 0.25) is 0 Å². The minimum Gasteiger partial charge on any atom is -0.445 e. The van der Waals surface area contributed by atoms with E-state index in [0.29, 0.717) is 5.56 Å². The fourth-order valence-corrected chi connectivity index (χ4v) is 1.76. The summed E-state index contributed by atoms with van der Waals surface area (Å²) < 4.78 is 18.4. The van der Waals surface area contributed by atoms with E-state index < -0.39 is 22.5 Å². The standard InChI is InChI=1S/C15H13FN2O4/c16-13-8-12(6-7-14(13)18(20)21)9-17-15(19)22-10-11-4-2-1-3-5-11/h1-8H,9-10H2,(H,17,19). The molecule has 0 aliphatic heterocycles. The van der Waals surface area contributed by atoms with E-state index in [2.05, 4.69) is 5.32 Å². The zero-order chi connectivity index (χ0) is 15.9. The number of rotatable bonds is 5. The Balaban J connectivity index is 1.83. The fourth-order valence-electron chi connectivity index (χ4n) is 1.76. The van der Waals surface area contributed by atoms with Gasteiger partial charge in [-0.1, -0.05) is 36.4 Å². The van der Waals surface area contributed by atoms with Crippen molar-refractivity contribution < 1.29 is 18.8 Å². The largest absolute Gasteiger partial charge is 0.445 e. The van der Waals surface area contributed by atoms with Gasteiger partial charge in [0.25, 0.3) is 0 Å². The summed E-state index contributed by atoms with van der Waals surface area (Å²) in [7, 11) is 0. The second-order valence-electron chi connectivity index (χ2n) is 4.46. The number of benzene rings is 2. The Labute approximate surface area is 125 Å². The van der Waals surface area contributed by atoms with Crippen molar-refractivity contribution in [3.8, 4) is 0 Å². The number of carbonyl (C=O) groups is 1. The van der Waals surface area contributed by atoms with E-state index in [1.54, 1.807) is 0 Å². The number of nitrogens with zero attached hydrogens (tertiary/aromatic N) is 1. The van der Waals surface area contributed by atoms with Gasteiger partial charge < -0.3 is 10.1 Å². The van der Waals surface area contributed by atoms with Crippen molar-refractivity contribution in [2.75, 3.05) is 0 Å². The van der Waals surface area contributed by atoms with Crippen LogP contribution in [0.5, 0.6) is 0 Å². The highest BCUT2D eigenvalue weighted by Gasteiger charge is 2.14. The van der Waals surface area contributed by atoms with Crippen LogP contribution in [0.15, 0.2) is 48.5 Å². The maximum Gasteiger partial charge on any atom is 0.407 e. The smallest absolute Gasteiger partial charge is 0.407 e. The predicted octanol–water partition coefficient (Wildman–Crippen LogP) is 3.16. The molecule has 7 heteroatoms. The third-order valence-electron chi connectivity index (χ3n) is 2.86. The summed E-state index contributed by atoms with van der Waals surface area (Å²) >= 11 is 0. The average molecular weight is 304 g/mol. The lowest BCUT2D eigenvalue weighted by Crippen LogP contribution is -2.23. The highest BCUT2D eigenvalue weighted by Crippen LogP contribution is 2.17. The van der Waals surface area contributed by atoms with Gasteiger partial charge in [0.2, 0.25) is 5.82 Å². The van der Waals surface area contributed by atoms with E-state index in [4.69, 9.17) is 4.74 Å². The molecule has 0 saturated heterocycles. The highest BCUT2D eigenvalue weighted by molar-refractivity contribution is 5.67. The zero-order valence-corrected chi connectivity index (χ0v) is 11.5. The molecule has 6 nitrogen and oxygen atoms in total. The van der Waals surface area contributed by atoms with Crippen LogP contribution in [0.3, 0.4) is 0 Å². The number of hydrogen-bond acceptors (Lipinski definition) is 4. The number of nitrogens with one attached hydrogen (secondary N) is 1. The SMILES string of the molecule is O=C(NCc1ccc([N+](=O)[O-])c(F)c1)OCc1ccccc1. The molecule has 0 radical (unpaired) electrons. The molecule has 2 aromatic carbocycles. The van der Waals surface area contributed by atoms with Crippen LogP contribution >= 0.6 is 0 Å². The second kappa shape index (κ2) is 7.16. The number of amides is 1. The highest BCUT2D eigenvalue weighted by atomic mass is 19.1. The van der Waals surface area contributed by atoms with Crippen molar-refractivity contribution in [1.82, 2.24) is 5.32 Å². The van der Waals surface area contributed by atoms with Gasteiger partial charge in [0, 0.05) is 12.6 Å². The first-order chi connectivity index (χ1) is 10.6. The number of ether oxygens (including phenoxy) is 1. The Hall–Kier alpha value is -2.96. The summed E-state index contributed by atoms with van der Waals surface area (Å²) in [6.07, 6.45) is -0.650. The molecule has 114 valence electrons. The zero-order valence-electron chi connectivity index (χ0n) is 11.5. The number of hydrogen-bond donors (Lipinski definition) is 1. The van der Waals surface area contributed by atoms with Crippen molar-refractivity contribution in [3.63, 3.8) is 0 Å². The Bertz CT molecular complexity index is 676. The number of nitro groups is 1. The third kappa shape index (κ3) is 4.27. The van der Waals surface area contributed by atoms with Gasteiger partial charge in [0.1, 0.15) is 6.61 Å². The van der Waals surface area contributed by atoms with Crippen molar-refractivity contribution in [3.05, 3.63) is 75.6 Å². The van der Waals surface area contributed by atoms with E-state index in [9.17, 15) is 19.3 Å². The molecule has 0 saturated carbocycles. The first-order valence-electron chi connectivity index (χ1n) is 6.43. The molecule has 0 aliphatic rings. The Morgan fingerprint density at radius 1 is 1.18 bits per heavy atom. The van der Waals surface area contributed by atoms with Crippen LogP contribution in [-0.4, -0.2) is 11.0 Å². The first-order valence-corrected chi connectivity index (χ1v) is 6.43. The fraction of sp³-hybridized carbons (Fsp3) is 0.133. The van der Waals surface area contributed by atoms with Gasteiger partial charge in [0.15, 0.2) is 0 Å². The first kappa shape index (κ1) is 15.4. The molecular weight excluding hydrogens is 291 g/mol. The van der Waals surface area contributed by atoms with E-state index in [-0.39, 0.29) is 13.2 Å². The second-order valence-corrected chi connectivity index (χ2v) is 4.46. The topological polar surface area (TPSA) is 81.5 Å². The Morgan fingerprint density at radius 3 is 2.55 bits per heavy atom. The summed E-state index contributed by atoms with van der Waals surface area (Å²) in [6.45, 7) is 0.143. The maximum atomic E-state index is 13.4. The van der Waals surface area contributed by atoms with Crippen LogP contribution in [0.1, 0.15) is 11.1 Å². The summed E-state index contributed by atoms with van der Waals surface area (Å²) in [5, 5.41) is 12.9. The molecule has 0 aliphatic carbocycles. The molecular formula is C15H13FN2O4. The quantitative estimate of drug-likeness (QED) is 0.679. The molecule has 0 heterocycles. The van der Waals surface area contributed by atoms with Gasteiger partial charge in [-0.2, -0.15) is 4.39 Å². The lowest BCUT2D eigenvalue weighted by Gasteiger charge is -2.07. The van der Waals surface area contributed by atoms with Crippen molar-refractivity contribution in [2.24, 2.45) is 0 Å². The van der Waals surface area contributed by atoms with E-state index in [1.165, 1.54) is 6.07 Å². The van der Waals surface area contributed by atoms with Gasteiger partial charge in [-0.15, -0.1) is 0 Å². The molecule has 0 atom stereocenters. The normalized spacial score (nSPS) is 10.0. The van der Waals surface area contributed by atoms with Gasteiger partial charge in [-0.25, -0.2) is 4.79 Å². The average Bonchev–Trinajstić information content (AvgIpc) is 2.51. The predicted molar refractivity (Wildman–Crippen MR) is 76.5 cm³/mol. The van der Waals surface area contributed by atoms with Crippen molar-refractivity contribution >= 4 is 11.8 Å². The van der Waals surface area contributed by atoms with Crippen molar-refractivity contribution in [1.29, 1.82) is 0 Å². The van der Waals surface area contributed by atoms with Gasteiger partial charge in [-0.3, -0.25) is 10.1 Å². The molecule has 1 N–H and O–H groups in total. The summed E-state index contributed by atoms with van der Waals surface area (Å²) in [5.41, 5.74) is 0.647. The number of carbonyl (C=O) groups excluding carboxylic acids is 1. The molecule has 22 heavy (non-hydrogen) atoms. The lowest BCUT2D eigenvalue weighted by atomic mass is 10.2. The van der Waals surface area contributed by atoms with E-state index in [1.807, 2.05) is 30.3 Å². The van der Waals surface area contributed by atoms with Gasteiger partial charge in [0.05, 0.1) is 4.92 Å². The molecule has 0 spiro atoms. The van der Waals surface area contributed by atoms with E-state index in [0.717, 1.165) is 17.7 Å². The molecule has 0 fully saturated rings. The number of nitro benzene ring substituents is 1. The van der Waals surface area contributed by atoms with Crippen LogP contribution in [0.25, 0.3) is 0 Å². The van der Waals surface area contributed by atoms with Gasteiger partial charge in [-0.05, 0) is 17.2 Å². The third-order valence-corrected chi connectivity index (χ3v) is 2.86. The Morgan fingerprint density at radius 2 is 1.91 bits per heavy atom. The minimum absolute atomic E-state index is 0.0164. The molecule has 2 rings (SSSR count). The minimum atomic E-state index is -0.943. The molecule has 2 aromatic rings. The Kier molecular flexibility index (Phi) is 5.02. The summed E-state index contributed by atoms with van der Waals surface area (Å²) in [5.74, 6) is -0.943. The molecule has 0 bridgehead atoms. The lowest BCUT2D eigenvalue weighted by molar-refractivity contribution is -0.387. The molecule has 0 aromatic heterocycles. The van der Waals surface area contributed by atoms with Gasteiger partial charge >= 0.3 is 11.8 Å². The summed E-state index contributed by atoms with van der Waals surface area (Å²) in [4.78, 5) is 21.2. The monoisotopic (exact) mass is 304 g/mol. The molecule has 1 amide bonds. The summed E-state index contributed by atoms with van der Waals surface area (Å²) in [6, 6.07) is 12.6. The van der Waals surface area contributed by atoms with Crippen molar-refractivity contribution in [2.45, 2.75) is 13.2 Å². The van der Waals surface area contributed by atoms with Crippen LogP contribution in [-0.2, 0) is 17.9 Å². The van der Waals surface area contributed by atoms with Crippen LogP contribution < -0.4 is 5.32 Å². The maximum absolute atomic E-state index is 13.4.